The number of likely N-dealkylation sites (N-methyl/N-ethyl adjacent to an activating group) is 1. The predicted octanol–water partition coefficient (Wildman–Crippen LogP) is 16.0. The Morgan fingerprint density at radius 1 is 0.485 bits per heavy atom. The molecule has 13 rings (SSSR count). The summed E-state index contributed by atoms with van der Waals surface area (Å²) in [5.74, 6) is 0.130. The molecule has 101 heavy (non-hydrogen) atoms. The van der Waals surface area contributed by atoms with Crippen molar-refractivity contribution in [1.29, 1.82) is 0 Å². The number of para-hydroxylation sites is 3. The molecule has 9 heterocycles. The molecule has 0 saturated heterocycles. The minimum atomic E-state index is 0.0296. The summed E-state index contributed by atoms with van der Waals surface area (Å²) in [6, 6.07) is 34.2. The van der Waals surface area contributed by atoms with Crippen LogP contribution in [-0.2, 0) is 64.4 Å². The lowest BCUT2D eigenvalue weighted by atomic mass is 10.0. The maximum Gasteiger partial charge on any atom is 0.226 e. The second kappa shape index (κ2) is 37.1. The van der Waals surface area contributed by atoms with E-state index < -0.39 is 0 Å². The Kier molecular flexibility index (Phi) is 28.0. The largest absolute Gasteiger partial charge is 0.383 e. The monoisotopic (exact) mass is 1500 g/mol. The number of anilines is 3. The maximum atomic E-state index is 12.9. The number of fused-ring (bicyclic) bond motifs is 6. The van der Waals surface area contributed by atoms with E-state index in [0.717, 1.165) is 178 Å². The Labute approximate surface area is 624 Å². The van der Waals surface area contributed by atoms with Gasteiger partial charge in [-0.05, 0) is 152 Å². The van der Waals surface area contributed by atoms with Crippen molar-refractivity contribution in [1.82, 2.24) is 50.5 Å². The maximum absolute atomic E-state index is 12.9. The van der Waals surface area contributed by atoms with Crippen molar-refractivity contribution in [2.45, 2.75) is 138 Å². The molecule has 0 saturated carbocycles. The van der Waals surface area contributed by atoms with Gasteiger partial charge in [0.2, 0.25) is 17.7 Å². The first-order valence-corrected chi connectivity index (χ1v) is 41.0. The minimum absolute atomic E-state index is 0.0296. The molecule has 0 fully saturated rings. The van der Waals surface area contributed by atoms with Crippen LogP contribution in [0.1, 0.15) is 112 Å². The highest BCUT2D eigenvalue weighted by atomic mass is 35.5. The van der Waals surface area contributed by atoms with Gasteiger partial charge in [0.15, 0.2) is 0 Å². The lowest BCUT2D eigenvalue weighted by Crippen LogP contribution is -2.35. The van der Waals surface area contributed by atoms with Gasteiger partial charge >= 0.3 is 0 Å². The standard InChI is InChI=1S/C28H31ClN4OS2.C26H37N5OS2.C23H30N4O2S2/c1-18(2)33-16-13-20-24(17-33)36-28(26(20)27-31-22-9-5-6-10-23(22)35-27)32-25(34)12-15-30-14-11-19-7-3-4-8-21(19)29;1-5-30(6-2)16-14-27-13-11-23(32)29-26-24(25-28-20-9-7-8-10-21(20)33-25)19-12-15-31(18(3)4)17-22(19)34-26;1-15(2)27-12-9-16-19(14-27)31-23(26-20(28)8-10-24-11-13-29-3)21(16)22-25-17-6-4-5-7-18(17)30-22/h3-10,18,30H,11-17H2,1-2H3,(H,32,34);7-10,18,27H,5-6,11-17H2,1-4H3,(H,29,32);4-7,15,24H,8-14H2,1-3H3,(H,26,28). The summed E-state index contributed by atoms with van der Waals surface area (Å²) in [5.41, 5.74) is 11.6. The number of aromatic nitrogens is 3. The summed E-state index contributed by atoms with van der Waals surface area (Å²) in [6.07, 6.45) is 5.13. The molecule has 17 nitrogen and oxygen atoms in total. The van der Waals surface area contributed by atoms with Gasteiger partial charge in [0.1, 0.15) is 30.0 Å². The van der Waals surface area contributed by atoms with E-state index in [9.17, 15) is 14.4 Å². The van der Waals surface area contributed by atoms with Gasteiger partial charge in [0, 0.05) is 159 Å². The lowest BCUT2D eigenvalue weighted by Gasteiger charge is -2.30. The van der Waals surface area contributed by atoms with Crippen LogP contribution in [0.2, 0.25) is 5.02 Å². The number of ether oxygens (including phenoxy) is 1. The van der Waals surface area contributed by atoms with E-state index in [2.05, 4.69) is 155 Å². The molecule has 0 atom stereocenters. The molecule has 6 aromatic heterocycles. The molecule has 0 radical (unpaired) electrons. The number of methoxy groups -OCH3 is 1. The van der Waals surface area contributed by atoms with E-state index in [1.54, 1.807) is 75.1 Å². The van der Waals surface area contributed by atoms with Gasteiger partial charge in [0.05, 0.1) is 37.3 Å². The van der Waals surface area contributed by atoms with Crippen LogP contribution in [0, 0.1) is 0 Å². The number of hydrogen-bond donors (Lipinski definition) is 6. The first-order chi connectivity index (χ1) is 49.0. The fraction of sp³-hybridized carbons (Fsp3) is 0.455. The van der Waals surface area contributed by atoms with E-state index in [-0.39, 0.29) is 17.7 Å². The lowest BCUT2D eigenvalue weighted by molar-refractivity contribution is -0.116. The molecule has 24 heteroatoms. The van der Waals surface area contributed by atoms with Crippen LogP contribution in [0.4, 0.5) is 15.0 Å². The highest BCUT2D eigenvalue weighted by Gasteiger charge is 2.32. The summed E-state index contributed by atoms with van der Waals surface area (Å²) in [4.78, 5) is 67.3. The van der Waals surface area contributed by atoms with Crippen molar-refractivity contribution < 1.29 is 19.1 Å². The second-order valence-electron chi connectivity index (χ2n) is 26.5. The van der Waals surface area contributed by atoms with Crippen molar-refractivity contribution in [2.75, 3.05) is 108 Å². The van der Waals surface area contributed by atoms with E-state index in [1.807, 2.05) is 48.5 Å². The Hall–Kier alpha value is -5.97. The number of thiazole rings is 3. The number of nitrogens with one attached hydrogen (secondary N) is 6. The van der Waals surface area contributed by atoms with Crippen LogP contribution in [0.3, 0.4) is 0 Å². The highest BCUT2D eigenvalue weighted by molar-refractivity contribution is 7.24. The highest BCUT2D eigenvalue weighted by Crippen LogP contribution is 2.49. The van der Waals surface area contributed by atoms with E-state index in [1.165, 1.54) is 45.4 Å². The van der Waals surface area contributed by atoms with Crippen LogP contribution in [0.15, 0.2) is 97.1 Å². The molecule has 3 aliphatic rings. The Morgan fingerprint density at radius 3 is 1.20 bits per heavy atom. The molecule has 3 aliphatic heterocycles. The molecular weight excluding hydrogens is 1400 g/mol. The summed E-state index contributed by atoms with van der Waals surface area (Å²) in [6.45, 7) is 31.9. The van der Waals surface area contributed by atoms with Gasteiger partial charge in [-0.15, -0.1) is 68.0 Å². The fourth-order valence-electron chi connectivity index (χ4n) is 12.9. The van der Waals surface area contributed by atoms with Gasteiger partial charge in [0.25, 0.3) is 0 Å². The first kappa shape index (κ1) is 76.2. The molecule has 0 aliphatic carbocycles. The van der Waals surface area contributed by atoms with Gasteiger partial charge in [-0.25, -0.2) is 15.0 Å². The number of carbonyl (C=O) groups is 3. The Bertz CT molecular complexity index is 4280. The number of halogens is 1. The predicted molar refractivity (Wildman–Crippen MR) is 430 cm³/mol. The topological polar surface area (TPSA) is 184 Å². The first-order valence-electron chi connectivity index (χ1n) is 35.8. The smallest absolute Gasteiger partial charge is 0.226 e. The molecular formula is C77H98ClN13O4S6. The number of nitrogens with zero attached hydrogens (tertiary/aromatic N) is 7. The molecule has 0 unspecified atom stereocenters. The van der Waals surface area contributed by atoms with Crippen molar-refractivity contribution in [3.63, 3.8) is 0 Å². The van der Waals surface area contributed by atoms with Crippen LogP contribution in [0.5, 0.6) is 0 Å². The van der Waals surface area contributed by atoms with Gasteiger partial charge < -0.3 is 41.5 Å². The molecule has 6 N–H and O–H groups in total. The minimum Gasteiger partial charge on any atom is -0.383 e. The Morgan fingerprint density at radius 2 is 0.842 bits per heavy atom. The number of amides is 3. The molecule has 0 spiro atoms. The van der Waals surface area contributed by atoms with Gasteiger partial charge in [-0.3, -0.25) is 29.1 Å². The zero-order valence-corrected chi connectivity index (χ0v) is 65.5. The third-order valence-electron chi connectivity index (χ3n) is 18.8. The van der Waals surface area contributed by atoms with Crippen LogP contribution >= 0.6 is 79.6 Å². The van der Waals surface area contributed by atoms with Gasteiger partial charge in [-0.2, -0.15) is 0 Å². The number of thiophene rings is 3. The summed E-state index contributed by atoms with van der Waals surface area (Å²) in [7, 11) is 1.68. The number of benzene rings is 4. The van der Waals surface area contributed by atoms with E-state index in [0.29, 0.717) is 63.6 Å². The van der Waals surface area contributed by atoms with E-state index in [4.69, 9.17) is 31.3 Å². The fourth-order valence-corrected chi connectivity index (χ4v) is 20.3. The molecule has 10 aromatic rings. The van der Waals surface area contributed by atoms with Crippen LogP contribution in [-0.4, -0.2) is 163 Å². The van der Waals surface area contributed by atoms with Gasteiger partial charge in [-0.1, -0.05) is 80.0 Å². The zero-order valence-electron chi connectivity index (χ0n) is 59.8. The summed E-state index contributed by atoms with van der Waals surface area (Å²) < 4.78 is 8.57. The normalized spacial score (nSPS) is 14.2. The average Bonchev–Trinajstić information content (AvgIpc) is 1.63. The SMILES string of the molecule is CC(C)N1CCc2c(sc(NC(=O)CCNCCc3ccccc3Cl)c2-c2nc3ccccc3s2)C1.CCN(CC)CCNCCC(=O)Nc1sc2c(c1-c1nc3ccccc3s1)CCN(C(C)C)C2.COCCNCCC(=O)Nc1sc2c(c1-c1nc3ccccc3s1)CCN(C(C)C)C2. The van der Waals surface area contributed by atoms with Crippen LogP contribution in [0.25, 0.3) is 62.4 Å². The number of hydrogen-bond acceptors (Lipinski definition) is 20. The third-order valence-corrected chi connectivity index (χ3v) is 25.8. The van der Waals surface area contributed by atoms with Crippen molar-refractivity contribution in [3.05, 3.63) is 139 Å². The van der Waals surface area contributed by atoms with Crippen molar-refractivity contribution >= 4 is 143 Å². The zero-order chi connectivity index (χ0) is 70.9. The Balaban J connectivity index is 0.000000153. The van der Waals surface area contributed by atoms with Crippen molar-refractivity contribution in [2.24, 2.45) is 0 Å². The average molecular weight is 1500 g/mol. The summed E-state index contributed by atoms with van der Waals surface area (Å²) in [5, 5.41) is 26.4. The molecule has 0 bridgehead atoms. The third kappa shape index (κ3) is 19.9. The molecule has 4 aromatic carbocycles. The molecule has 3 amide bonds. The quantitative estimate of drug-likeness (QED) is 0.0243. The van der Waals surface area contributed by atoms with Crippen LogP contribution < -0.4 is 31.9 Å². The molecule has 538 valence electrons. The van der Waals surface area contributed by atoms with Crippen molar-refractivity contribution in [3.8, 4) is 31.7 Å². The number of carbonyl (C=O) groups excluding carboxylic acids is 3. The number of rotatable bonds is 29. The van der Waals surface area contributed by atoms with E-state index >= 15 is 0 Å². The second-order valence-corrected chi connectivity index (χ2v) is 33.3. The summed E-state index contributed by atoms with van der Waals surface area (Å²) >= 11 is 16.5.